The highest BCUT2D eigenvalue weighted by Crippen LogP contribution is 2.44. The Morgan fingerprint density at radius 1 is 1.03 bits per heavy atom. The van der Waals surface area contributed by atoms with E-state index in [4.69, 9.17) is 21.1 Å². The van der Waals surface area contributed by atoms with Crippen LogP contribution in [0.25, 0.3) is 0 Å². The van der Waals surface area contributed by atoms with Gasteiger partial charge in [0.2, 0.25) is 0 Å². The fourth-order valence-electron chi connectivity index (χ4n) is 4.14. The normalized spacial score (nSPS) is 29.2. The highest BCUT2D eigenvalue weighted by atomic mass is 35.5. The van der Waals surface area contributed by atoms with E-state index in [0.717, 1.165) is 23.1 Å². The van der Waals surface area contributed by atoms with Gasteiger partial charge in [0.1, 0.15) is 36.3 Å². The number of aliphatic hydroxyl groups is 4. The fourth-order valence-corrected chi connectivity index (χ4v) is 4.43. The van der Waals surface area contributed by atoms with E-state index in [1.165, 1.54) is 0 Å². The van der Waals surface area contributed by atoms with Gasteiger partial charge < -0.3 is 29.9 Å². The molecule has 1 saturated heterocycles. The van der Waals surface area contributed by atoms with E-state index in [0.29, 0.717) is 35.8 Å². The molecule has 2 aromatic carbocycles. The van der Waals surface area contributed by atoms with Gasteiger partial charge >= 0.3 is 0 Å². The van der Waals surface area contributed by atoms with Crippen LogP contribution in [0.1, 0.15) is 34.8 Å². The summed E-state index contributed by atoms with van der Waals surface area (Å²) < 4.78 is 11.7. The summed E-state index contributed by atoms with van der Waals surface area (Å²) in [6, 6.07) is 11.7. The van der Waals surface area contributed by atoms with Crippen molar-refractivity contribution in [1.29, 1.82) is 0 Å². The van der Waals surface area contributed by atoms with Crippen LogP contribution in [-0.2, 0) is 17.6 Å². The number of benzene rings is 2. The van der Waals surface area contributed by atoms with E-state index in [1.54, 1.807) is 0 Å². The molecule has 6 nitrogen and oxygen atoms in total. The molecule has 4 N–H and O–H groups in total. The fraction of sp³-hybridized carbons (Fsp3) is 0.455. The molecule has 0 radical (unpaired) electrons. The van der Waals surface area contributed by atoms with Crippen molar-refractivity contribution in [3.05, 3.63) is 63.7 Å². The van der Waals surface area contributed by atoms with Crippen LogP contribution in [0.4, 0.5) is 0 Å². The molecule has 0 bridgehead atoms. The minimum atomic E-state index is -1.43. The van der Waals surface area contributed by atoms with Crippen LogP contribution in [0.2, 0.25) is 5.02 Å². The zero-order valence-electron chi connectivity index (χ0n) is 15.9. The molecular formula is C22H25ClO6. The van der Waals surface area contributed by atoms with Gasteiger partial charge in [0.15, 0.2) is 0 Å². The molecule has 0 saturated carbocycles. The third-order valence-corrected chi connectivity index (χ3v) is 6.10. The Balaban J connectivity index is 1.78. The minimum Gasteiger partial charge on any atom is -0.492 e. The van der Waals surface area contributed by atoms with Gasteiger partial charge in [-0.25, -0.2) is 0 Å². The summed E-state index contributed by atoms with van der Waals surface area (Å²) in [5, 5.41) is 41.1. The third kappa shape index (κ3) is 3.89. The van der Waals surface area contributed by atoms with Gasteiger partial charge in [-0.1, -0.05) is 48.0 Å². The lowest BCUT2D eigenvalue weighted by Crippen LogP contribution is -2.55. The predicted octanol–water partition coefficient (Wildman–Crippen LogP) is 1.77. The van der Waals surface area contributed by atoms with Gasteiger partial charge in [-0.05, 0) is 36.0 Å². The predicted molar refractivity (Wildman–Crippen MR) is 107 cm³/mol. The molecule has 0 amide bonds. The van der Waals surface area contributed by atoms with E-state index in [2.05, 4.69) is 0 Å². The largest absolute Gasteiger partial charge is 0.492 e. The quantitative estimate of drug-likeness (QED) is 0.601. The van der Waals surface area contributed by atoms with Crippen LogP contribution in [0.3, 0.4) is 0 Å². The van der Waals surface area contributed by atoms with Crippen molar-refractivity contribution in [3.63, 3.8) is 0 Å². The van der Waals surface area contributed by atoms with E-state index < -0.39 is 37.1 Å². The molecule has 7 heteroatoms. The molecule has 2 aliphatic rings. The third-order valence-electron chi connectivity index (χ3n) is 5.69. The first kappa shape index (κ1) is 20.6. The van der Waals surface area contributed by atoms with E-state index in [1.807, 2.05) is 36.4 Å². The molecule has 5 unspecified atom stereocenters. The van der Waals surface area contributed by atoms with Crippen molar-refractivity contribution in [1.82, 2.24) is 0 Å². The Morgan fingerprint density at radius 2 is 1.79 bits per heavy atom. The van der Waals surface area contributed by atoms with Crippen molar-refractivity contribution in [2.45, 2.75) is 49.8 Å². The summed E-state index contributed by atoms with van der Waals surface area (Å²) in [4.78, 5) is 0. The monoisotopic (exact) mass is 420 g/mol. The topological polar surface area (TPSA) is 99.4 Å². The smallest absolute Gasteiger partial charge is 0.141 e. The summed E-state index contributed by atoms with van der Waals surface area (Å²) in [6.07, 6.45) is -3.98. The molecular weight excluding hydrogens is 396 g/mol. The Bertz CT molecular complexity index is 856. The van der Waals surface area contributed by atoms with Crippen LogP contribution in [0.5, 0.6) is 5.75 Å². The number of hydrogen-bond acceptors (Lipinski definition) is 6. The van der Waals surface area contributed by atoms with E-state index >= 15 is 0 Å². The first-order chi connectivity index (χ1) is 14.0. The highest BCUT2D eigenvalue weighted by Gasteiger charge is 2.45. The molecule has 0 aliphatic carbocycles. The average molecular weight is 421 g/mol. The van der Waals surface area contributed by atoms with E-state index in [9.17, 15) is 20.4 Å². The molecule has 156 valence electrons. The molecule has 1 fully saturated rings. The molecule has 2 aliphatic heterocycles. The lowest BCUT2D eigenvalue weighted by Gasteiger charge is -2.41. The lowest BCUT2D eigenvalue weighted by molar-refractivity contribution is -0.232. The van der Waals surface area contributed by atoms with Gasteiger partial charge in [0.25, 0.3) is 0 Å². The van der Waals surface area contributed by atoms with E-state index in [-0.39, 0.29) is 0 Å². The summed E-state index contributed by atoms with van der Waals surface area (Å²) >= 11 is 6.67. The van der Waals surface area contributed by atoms with Gasteiger partial charge in [0.05, 0.1) is 18.2 Å². The lowest BCUT2D eigenvalue weighted by atomic mass is 9.85. The van der Waals surface area contributed by atoms with Crippen LogP contribution < -0.4 is 4.74 Å². The van der Waals surface area contributed by atoms with Crippen LogP contribution in [0, 0.1) is 0 Å². The van der Waals surface area contributed by atoms with Crippen molar-refractivity contribution in [2.75, 3.05) is 13.2 Å². The summed E-state index contributed by atoms with van der Waals surface area (Å²) in [6.45, 7) is 0.0836. The van der Waals surface area contributed by atoms with Crippen LogP contribution >= 0.6 is 11.6 Å². The molecule has 2 heterocycles. The molecule has 4 rings (SSSR count). The van der Waals surface area contributed by atoms with Gasteiger partial charge in [-0.2, -0.15) is 0 Å². The number of rotatable bonds is 4. The standard InChI is InChI=1S/C22H25ClO6/c23-17-13(9-12-5-2-1-3-6-12)10-15(14-7-4-8-28-21(14)17)22-20(27)19(26)18(25)16(11-24)29-22/h1-3,5-6,10,16,18-20,22,24-27H,4,7-9,11H2. The number of aliphatic hydroxyl groups excluding tert-OH is 4. The van der Waals surface area contributed by atoms with Crippen LogP contribution in [0.15, 0.2) is 36.4 Å². The molecule has 0 aromatic heterocycles. The van der Waals surface area contributed by atoms with Gasteiger partial charge in [-0.15, -0.1) is 0 Å². The number of hydrogen-bond donors (Lipinski definition) is 4. The minimum absolute atomic E-state index is 0.468. The summed E-state index contributed by atoms with van der Waals surface area (Å²) in [7, 11) is 0. The maximum absolute atomic E-state index is 10.6. The summed E-state index contributed by atoms with van der Waals surface area (Å²) in [5.41, 5.74) is 3.41. The average Bonchev–Trinajstić information content (AvgIpc) is 2.75. The Kier molecular flexibility index (Phi) is 6.11. The SMILES string of the molecule is OCC1OC(c2cc(Cc3ccccc3)c(Cl)c3c2CCCO3)C(O)C(O)C1O. The molecule has 5 atom stereocenters. The van der Waals surface area contributed by atoms with Crippen molar-refractivity contribution in [2.24, 2.45) is 0 Å². The Morgan fingerprint density at radius 3 is 2.52 bits per heavy atom. The second-order valence-corrected chi connectivity index (χ2v) is 7.99. The number of fused-ring (bicyclic) bond motifs is 1. The van der Waals surface area contributed by atoms with Gasteiger partial charge in [-0.3, -0.25) is 0 Å². The zero-order valence-corrected chi connectivity index (χ0v) is 16.6. The molecule has 2 aromatic rings. The second-order valence-electron chi connectivity index (χ2n) is 7.61. The van der Waals surface area contributed by atoms with Gasteiger partial charge in [0, 0.05) is 5.56 Å². The first-order valence-corrected chi connectivity index (χ1v) is 10.2. The maximum atomic E-state index is 10.6. The Hall–Kier alpha value is -1.67. The highest BCUT2D eigenvalue weighted by molar-refractivity contribution is 6.33. The molecule has 29 heavy (non-hydrogen) atoms. The number of ether oxygens (including phenoxy) is 2. The van der Waals surface area contributed by atoms with Crippen molar-refractivity contribution in [3.8, 4) is 5.75 Å². The van der Waals surface area contributed by atoms with Crippen molar-refractivity contribution >= 4 is 11.6 Å². The number of halogens is 1. The summed E-state index contributed by atoms with van der Waals surface area (Å²) in [5.74, 6) is 0.582. The second kappa shape index (κ2) is 8.60. The van der Waals surface area contributed by atoms with Crippen LogP contribution in [-0.4, -0.2) is 58.1 Å². The van der Waals surface area contributed by atoms with Crippen molar-refractivity contribution < 1.29 is 29.9 Å². The molecule has 0 spiro atoms. The Labute approximate surface area is 174 Å². The first-order valence-electron chi connectivity index (χ1n) is 9.82. The maximum Gasteiger partial charge on any atom is 0.141 e. The zero-order chi connectivity index (χ0) is 20.5.